The zero-order valence-corrected chi connectivity index (χ0v) is 11.1. The average Bonchev–Trinajstić information content (AvgIpc) is 2.82. The first kappa shape index (κ1) is 13.8. The van der Waals surface area contributed by atoms with Gasteiger partial charge in [0.2, 0.25) is 5.91 Å². The number of rotatable bonds is 4. The third-order valence-corrected chi connectivity index (χ3v) is 3.14. The van der Waals surface area contributed by atoms with Gasteiger partial charge in [0.05, 0.1) is 6.61 Å². The van der Waals surface area contributed by atoms with Crippen molar-refractivity contribution in [2.45, 2.75) is 18.9 Å². The van der Waals surface area contributed by atoms with Crippen LogP contribution in [0.2, 0.25) is 0 Å². The molecule has 0 spiro atoms. The van der Waals surface area contributed by atoms with Crippen molar-refractivity contribution in [1.82, 2.24) is 5.32 Å². The second kappa shape index (κ2) is 5.99. The molecule has 1 aromatic carbocycles. The molecule has 19 heavy (non-hydrogen) atoms. The maximum absolute atomic E-state index is 11.7. The Labute approximate surface area is 113 Å². The second-order valence-electron chi connectivity index (χ2n) is 4.99. The lowest BCUT2D eigenvalue weighted by molar-refractivity contribution is -0.117. The number of carbonyl (C=O) groups excluding carboxylic acids is 1. The molecule has 1 unspecified atom stereocenters. The molecular weight excluding hydrogens is 242 g/mol. The van der Waals surface area contributed by atoms with Gasteiger partial charge in [0.1, 0.15) is 5.60 Å². The Morgan fingerprint density at radius 1 is 1.58 bits per heavy atom. The normalized spacial score (nSPS) is 22.8. The molecule has 1 amide bonds. The van der Waals surface area contributed by atoms with Crippen LogP contribution >= 0.6 is 0 Å². The van der Waals surface area contributed by atoms with Crippen LogP contribution in [0, 0.1) is 6.92 Å². The van der Waals surface area contributed by atoms with Gasteiger partial charge in [0, 0.05) is 25.6 Å². The van der Waals surface area contributed by atoms with Gasteiger partial charge >= 0.3 is 0 Å². The van der Waals surface area contributed by atoms with Gasteiger partial charge in [-0.2, -0.15) is 0 Å². The zero-order chi connectivity index (χ0) is 13.7. The predicted octanol–water partition coefficient (Wildman–Crippen LogP) is 1.28. The highest BCUT2D eigenvalue weighted by atomic mass is 16.5. The van der Waals surface area contributed by atoms with Crippen LogP contribution in [0.1, 0.15) is 17.5 Å². The van der Waals surface area contributed by atoms with E-state index in [0.29, 0.717) is 13.0 Å². The topological polar surface area (TPSA) is 58.6 Å². The van der Waals surface area contributed by atoms with Crippen LogP contribution in [-0.4, -0.2) is 36.4 Å². The number of nitrogens with one attached hydrogen (secondary N) is 1. The minimum atomic E-state index is -0.910. The number of amides is 1. The van der Waals surface area contributed by atoms with Crippen LogP contribution in [0.5, 0.6) is 0 Å². The van der Waals surface area contributed by atoms with E-state index in [2.05, 4.69) is 5.32 Å². The molecule has 1 atom stereocenters. The minimum Gasteiger partial charge on any atom is -0.386 e. The van der Waals surface area contributed by atoms with Crippen LogP contribution < -0.4 is 5.32 Å². The summed E-state index contributed by atoms with van der Waals surface area (Å²) in [6, 6.07) is 7.90. The van der Waals surface area contributed by atoms with Gasteiger partial charge in [-0.05, 0) is 18.6 Å². The Bertz CT molecular complexity index is 476. The lowest BCUT2D eigenvalue weighted by Gasteiger charge is -2.19. The summed E-state index contributed by atoms with van der Waals surface area (Å²) in [6.45, 7) is 3.07. The first-order valence-corrected chi connectivity index (χ1v) is 6.40. The Morgan fingerprint density at radius 2 is 2.42 bits per heavy atom. The number of hydrogen-bond donors (Lipinski definition) is 2. The monoisotopic (exact) mass is 261 g/mol. The lowest BCUT2D eigenvalue weighted by Crippen LogP contribution is -2.42. The van der Waals surface area contributed by atoms with E-state index in [9.17, 15) is 9.90 Å². The second-order valence-corrected chi connectivity index (χ2v) is 4.99. The summed E-state index contributed by atoms with van der Waals surface area (Å²) in [5, 5.41) is 12.7. The number of hydrogen-bond acceptors (Lipinski definition) is 3. The van der Waals surface area contributed by atoms with Crippen molar-refractivity contribution in [3.8, 4) is 0 Å². The van der Waals surface area contributed by atoms with Gasteiger partial charge in [-0.1, -0.05) is 29.8 Å². The van der Waals surface area contributed by atoms with Crippen molar-refractivity contribution >= 4 is 12.0 Å². The van der Waals surface area contributed by atoms with Gasteiger partial charge < -0.3 is 15.2 Å². The van der Waals surface area contributed by atoms with E-state index >= 15 is 0 Å². The first-order valence-electron chi connectivity index (χ1n) is 6.40. The molecule has 1 saturated heterocycles. The first-order chi connectivity index (χ1) is 9.07. The van der Waals surface area contributed by atoms with Gasteiger partial charge in [0.25, 0.3) is 0 Å². The molecule has 4 heteroatoms. The molecular formula is C15H19NO3. The molecule has 1 aromatic rings. The molecule has 1 aliphatic heterocycles. The van der Waals surface area contributed by atoms with E-state index in [1.807, 2.05) is 31.2 Å². The van der Waals surface area contributed by atoms with Crippen LogP contribution in [0.3, 0.4) is 0 Å². The summed E-state index contributed by atoms with van der Waals surface area (Å²) < 4.78 is 5.12. The fourth-order valence-corrected chi connectivity index (χ4v) is 1.99. The van der Waals surface area contributed by atoms with E-state index in [-0.39, 0.29) is 19.1 Å². The summed E-state index contributed by atoms with van der Waals surface area (Å²) in [6.07, 6.45) is 3.81. The van der Waals surface area contributed by atoms with Crippen molar-refractivity contribution < 1.29 is 14.6 Å². The van der Waals surface area contributed by atoms with Crippen molar-refractivity contribution in [2.24, 2.45) is 0 Å². The molecule has 0 aliphatic carbocycles. The van der Waals surface area contributed by atoms with Crippen molar-refractivity contribution in [3.05, 3.63) is 41.5 Å². The highest BCUT2D eigenvalue weighted by Gasteiger charge is 2.32. The van der Waals surface area contributed by atoms with Crippen LogP contribution in [0.4, 0.5) is 0 Å². The summed E-state index contributed by atoms with van der Waals surface area (Å²) in [4.78, 5) is 11.7. The van der Waals surface area contributed by atoms with E-state index in [1.54, 1.807) is 6.08 Å². The smallest absolute Gasteiger partial charge is 0.244 e. The summed E-state index contributed by atoms with van der Waals surface area (Å²) in [7, 11) is 0. The molecule has 2 N–H and O–H groups in total. The lowest BCUT2D eigenvalue weighted by atomic mass is 10.0. The Morgan fingerprint density at radius 3 is 3.11 bits per heavy atom. The molecule has 1 fully saturated rings. The maximum atomic E-state index is 11.7. The molecule has 2 rings (SSSR count). The summed E-state index contributed by atoms with van der Waals surface area (Å²) in [5.41, 5.74) is 1.23. The molecule has 1 aliphatic rings. The standard InChI is InChI=1S/C15H19NO3/c1-12-3-2-4-13(9-12)5-6-14(17)16-10-15(18)7-8-19-11-15/h2-6,9,18H,7-8,10-11H2,1H3,(H,16,17)/b6-5+. The quantitative estimate of drug-likeness (QED) is 0.803. The molecule has 4 nitrogen and oxygen atoms in total. The van der Waals surface area contributed by atoms with Gasteiger partial charge in [0.15, 0.2) is 0 Å². The van der Waals surface area contributed by atoms with E-state index < -0.39 is 5.60 Å². The third kappa shape index (κ3) is 4.19. The maximum Gasteiger partial charge on any atom is 0.244 e. The minimum absolute atomic E-state index is 0.207. The van der Waals surface area contributed by atoms with Crippen molar-refractivity contribution in [2.75, 3.05) is 19.8 Å². The van der Waals surface area contributed by atoms with Crippen molar-refractivity contribution in [3.63, 3.8) is 0 Å². The number of aryl methyl sites for hydroxylation is 1. The van der Waals surface area contributed by atoms with Gasteiger partial charge in [-0.15, -0.1) is 0 Å². The van der Waals surface area contributed by atoms with Crippen LogP contribution in [0.25, 0.3) is 6.08 Å². The fourth-order valence-electron chi connectivity index (χ4n) is 1.99. The molecule has 0 saturated carbocycles. The Hall–Kier alpha value is -1.65. The number of benzene rings is 1. The zero-order valence-electron chi connectivity index (χ0n) is 11.1. The number of carbonyl (C=O) groups is 1. The molecule has 102 valence electrons. The molecule has 0 radical (unpaired) electrons. The third-order valence-electron chi connectivity index (χ3n) is 3.14. The van der Waals surface area contributed by atoms with Gasteiger partial charge in [-0.3, -0.25) is 4.79 Å². The molecule has 0 aromatic heterocycles. The summed E-state index contributed by atoms with van der Waals surface area (Å²) in [5.74, 6) is -0.207. The summed E-state index contributed by atoms with van der Waals surface area (Å²) >= 11 is 0. The van der Waals surface area contributed by atoms with Crippen molar-refractivity contribution in [1.29, 1.82) is 0 Å². The Kier molecular flexibility index (Phi) is 4.35. The number of aliphatic hydroxyl groups is 1. The largest absolute Gasteiger partial charge is 0.386 e. The van der Waals surface area contributed by atoms with E-state index in [4.69, 9.17) is 4.74 Å². The van der Waals surface area contributed by atoms with E-state index in [1.165, 1.54) is 6.08 Å². The fraction of sp³-hybridized carbons (Fsp3) is 0.400. The number of ether oxygens (including phenoxy) is 1. The Balaban J connectivity index is 1.84. The molecule has 0 bridgehead atoms. The predicted molar refractivity (Wildman–Crippen MR) is 73.6 cm³/mol. The SMILES string of the molecule is Cc1cccc(/C=C/C(=O)NCC2(O)CCOC2)c1. The average molecular weight is 261 g/mol. The van der Waals surface area contributed by atoms with E-state index in [0.717, 1.165) is 11.1 Å². The van der Waals surface area contributed by atoms with Crippen LogP contribution in [-0.2, 0) is 9.53 Å². The molecule has 1 heterocycles. The van der Waals surface area contributed by atoms with Crippen LogP contribution in [0.15, 0.2) is 30.3 Å². The highest BCUT2D eigenvalue weighted by molar-refractivity contribution is 5.91. The highest BCUT2D eigenvalue weighted by Crippen LogP contribution is 2.16. The van der Waals surface area contributed by atoms with Gasteiger partial charge in [-0.25, -0.2) is 0 Å².